The zero-order valence-corrected chi connectivity index (χ0v) is 22.3. The number of methoxy groups -OCH3 is 1. The van der Waals surface area contributed by atoms with Crippen molar-refractivity contribution in [3.8, 4) is 6.07 Å². The summed E-state index contributed by atoms with van der Waals surface area (Å²) in [6.45, 7) is 2.17. The lowest BCUT2D eigenvalue weighted by molar-refractivity contribution is -0.903. The van der Waals surface area contributed by atoms with Crippen LogP contribution in [0.1, 0.15) is 35.2 Å². The Kier molecular flexibility index (Phi) is 7.60. The first kappa shape index (κ1) is 28.6. The number of ether oxygens (including phenoxy) is 1. The Hall–Kier alpha value is -4.41. The molecule has 0 saturated carbocycles. The predicted molar refractivity (Wildman–Crippen MR) is 138 cm³/mol. The number of rotatable bonds is 7. The Bertz CT molecular complexity index is 1580. The van der Waals surface area contributed by atoms with Crippen molar-refractivity contribution >= 4 is 17.6 Å². The Balaban J connectivity index is 2.01. The van der Waals surface area contributed by atoms with Crippen molar-refractivity contribution in [1.82, 2.24) is 14.8 Å². The van der Waals surface area contributed by atoms with Gasteiger partial charge in [-0.1, -0.05) is 12.1 Å². The molecule has 3 aromatic rings. The molecule has 1 aromatic heterocycles. The van der Waals surface area contributed by atoms with E-state index in [1.807, 2.05) is 14.1 Å². The SMILES string of the molecule is COC(=O)C1=C(C)N(c2cccc(C(F)(F)F)c2)c2n[nH]c(=O)n2C1c1ccc(C#N)cc1C[N+](C)(C)CCO. The number of nitrogens with zero attached hydrogens (tertiary/aromatic N) is 5. The number of alkyl halides is 3. The smallest absolute Gasteiger partial charge is 0.416 e. The lowest BCUT2D eigenvalue weighted by atomic mass is 9.89. The number of aliphatic hydroxyl groups is 1. The summed E-state index contributed by atoms with van der Waals surface area (Å²) in [7, 11) is 4.93. The zero-order chi connectivity index (χ0) is 29.4. The van der Waals surface area contributed by atoms with Crippen LogP contribution in [0.15, 0.2) is 58.5 Å². The number of likely N-dealkylation sites (N-methyl/N-ethyl adjacent to an activating group) is 1. The molecule has 1 aliphatic rings. The second kappa shape index (κ2) is 10.6. The number of fused-ring (bicyclic) bond motifs is 1. The van der Waals surface area contributed by atoms with Crippen molar-refractivity contribution in [2.24, 2.45) is 0 Å². The highest BCUT2D eigenvalue weighted by molar-refractivity contribution is 5.93. The first-order valence-electron chi connectivity index (χ1n) is 12.2. The van der Waals surface area contributed by atoms with Crippen molar-refractivity contribution < 1.29 is 32.3 Å². The van der Waals surface area contributed by atoms with Crippen molar-refractivity contribution in [3.63, 3.8) is 0 Å². The Morgan fingerprint density at radius 3 is 2.60 bits per heavy atom. The average Bonchev–Trinajstić information content (AvgIpc) is 3.27. The summed E-state index contributed by atoms with van der Waals surface area (Å²) < 4.78 is 47.3. The number of benzene rings is 2. The maximum absolute atomic E-state index is 13.5. The van der Waals surface area contributed by atoms with Gasteiger partial charge in [0.05, 0.1) is 50.6 Å². The number of hydrogen-bond donors (Lipinski definition) is 2. The molecule has 13 heteroatoms. The number of nitriles is 1. The van der Waals surface area contributed by atoms with Gasteiger partial charge in [-0.3, -0.25) is 4.90 Å². The third-order valence-electron chi connectivity index (χ3n) is 6.85. The number of allylic oxidation sites excluding steroid dienone is 1. The average molecular weight is 558 g/mol. The lowest BCUT2D eigenvalue weighted by Crippen LogP contribution is -2.42. The van der Waals surface area contributed by atoms with Gasteiger partial charge in [0.1, 0.15) is 19.1 Å². The summed E-state index contributed by atoms with van der Waals surface area (Å²) in [5.74, 6) is -0.823. The van der Waals surface area contributed by atoms with Crippen molar-refractivity contribution in [3.05, 3.63) is 86.5 Å². The van der Waals surface area contributed by atoms with E-state index in [2.05, 4.69) is 16.3 Å². The molecule has 0 radical (unpaired) electrons. The van der Waals surface area contributed by atoms with Crippen LogP contribution in [0.4, 0.5) is 24.8 Å². The molecule has 2 N–H and O–H groups in total. The van der Waals surface area contributed by atoms with Crippen LogP contribution in [0.5, 0.6) is 0 Å². The first-order chi connectivity index (χ1) is 18.8. The van der Waals surface area contributed by atoms with Crippen LogP contribution in [-0.2, 0) is 22.3 Å². The van der Waals surface area contributed by atoms with Crippen LogP contribution in [-0.4, -0.2) is 64.7 Å². The number of carbonyl (C=O) groups is 1. The largest absolute Gasteiger partial charge is 0.466 e. The normalized spacial score (nSPS) is 15.6. The van der Waals surface area contributed by atoms with Gasteiger partial charge in [0.15, 0.2) is 0 Å². The molecule has 0 bridgehead atoms. The highest BCUT2D eigenvalue weighted by Gasteiger charge is 2.41. The van der Waals surface area contributed by atoms with E-state index in [1.54, 1.807) is 18.2 Å². The number of halogens is 3. The topological polar surface area (TPSA) is 124 Å². The number of anilines is 2. The number of aliphatic hydroxyl groups excluding tert-OH is 1. The molecular formula is C27H28F3N6O4+. The summed E-state index contributed by atoms with van der Waals surface area (Å²) in [5, 5.41) is 25.6. The van der Waals surface area contributed by atoms with E-state index in [0.717, 1.165) is 12.1 Å². The molecule has 210 valence electrons. The molecular weight excluding hydrogens is 529 g/mol. The fraction of sp³-hybridized carbons (Fsp3) is 0.333. The van der Waals surface area contributed by atoms with E-state index in [9.17, 15) is 33.1 Å². The first-order valence-corrected chi connectivity index (χ1v) is 12.2. The van der Waals surface area contributed by atoms with Crippen molar-refractivity contribution in [2.75, 3.05) is 39.3 Å². The molecule has 0 spiro atoms. The minimum absolute atomic E-state index is 0.00864. The number of esters is 1. The molecule has 40 heavy (non-hydrogen) atoms. The Morgan fingerprint density at radius 1 is 1.25 bits per heavy atom. The summed E-state index contributed by atoms with van der Waals surface area (Å²) in [6, 6.07) is 10.3. The van der Waals surface area contributed by atoms with Gasteiger partial charge >= 0.3 is 17.8 Å². The van der Waals surface area contributed by atoms with Crippen LogP contribution < -0.4 is 10.6 Å². The second-order valence-electron chi connectivity index (χ2n) is 10.0. The summed E-state index contributed by atoms with van der Waals surface area (Å²) in [5.41, 5.74) is 0.112. The molecule has 1 aliphatic heterocycles. The molecule has 0 aliphatic carbocycles. The van der Waals surface area contributed by atoms with Crippen molar-refractivity contribution in [1.29, 1.82) is 5.26 Å². The minimum atomic E-state index is -4.63. The van der Waals surface area contributed by atoms with Gasteiger partial charge < -0.3 is 14.3 Å². The van der Waals surface area contributed by atoms with E-state index in [4.69, 9.17) is 4.74 Å². The van der Waals surface area contributed by atoms with Crippen LogP contribution in [0.25, 0.3) is 0 Å². The Labute approximate surface area is 227 Å². The highest BCUT2D eigenvalue weighted by Crippen LogP contribution is 2.43. The predicted octanol–water partition coefficient (Wildman–Crippen LogP) is 3.22. The number of nitrogens with one attached hydrogen (secondary N) is 1. The standard InChI is InChI=1S/C27H27F3N6O4/c1-16-22(24(38)40-4)23(21-9-8-17(14-31)12-18(21)15-36(2,3)10-11-37)35-25(32-33-26(35)39)34(16)20-7-5-6-19(13-20)27(28,29)30/h5-9,12-13,23,37H,10-11,15H2,1-4H3/p+1. The van der Waals surface area contributed by atoms with Gasteiger partial charge in [-0.05, 0) is 42.8 Å². The number of carbonyl (C=O) groups excluding carboxylic acids is 1. The summed E-state index contributed by atoms with van der Waals surface area (Å²) in [6.07, 6.45) is -4.63. The van der Waals surface area contributed by atoms with Gasteiger partial charge in [-0.15, -0.1) is 5.10 Å². The van der Waals surface area contributed by atoms with Gasteiger partial charge in [0.2, 0.25) is 5.95 Å². The van der Waals surface area contributed by atoms with E-state index >= 15 is 0 Å². The fourth-order valence-corrected chi connectivity index (χ4v) is 4.97. The maximum Gasteiger partial charge on any atom is 0.416 e. The highest BCUT2D eigenvalue weighted by atomic mass is 19.4. The third-order valence-corrected chi connectivity index (χ3v) is 6.85. The number of hydrogen-bond acceptors (Lipinski definition) is 7. The molecule has 0 fully saturated rings. The minimum Gasteiger partial charge on any atom is -0.466 e. The van der Waals surface area contributed by atoms with Gasteiger partial charge in [-0.2, -0.15) is 18.4 Å². The van der Waals surface area contributed by atoms with Crippen LogP contribution in [0, 0.1) is 11.3 Å². The third kappa shape index (κ3) is 5.23. The molecule has 0 amide bonds. The van der Waals surface area contributed by atoms with Gasteiger partial charge in [0, 0.05) is 16.9 Å². The molecule has 2 heterocycles. The van der Waals surface area contributed by atoms with Gasteiger partial charge in [-0.25, -0.2) is 19.3 Å². The summed E-state index contributed by atoms with van der Waals surface area (Å²) in [4.78, 5) is 27.8. The molecule has 1 atom stereocenters. The lowest BCUT2D eigenvalue weighted by Gasteiger charge is -2.37. The van der Waals surface area contributed by atoms with Crippen LogP contribution >= 0.6 is 0 Å². The molecule has 0 saturated heterocycles. The van der Waals surface area contributed by atoms with E-state index in [0.29, 0.717) is 34.3 Å². The van der Waals surface area contributed by atoms with E-state index in [-0.39, 0.29) is 29.5 Å². The fourth-order valence-electron chi connectivity index (χ4n) is 4.97. The molecule has 10 nitrogen and oxygen atoms in total. The van der Waals surface area contributed by atoms with Crippen LogP contribution in [0.2, 0.25) is 0 Å². The number of aromatic amines is 1. The van der Waals surface area contributed by atoms with E-state index < -0.39 is 29.4 Å². The zero-order valence-electron chi connectivity index (χ0n) is 22.3. The monoisotopic (exact) mass is 557 g/mol. The Morgan fingerprint density at radius 2 is 1.98 bits per heavy atom. The number of aromatic nitrogens is 3. The molecule has 2 aromatic carbocycles. The number of H-pyrrole nitrogens is 1. The summed E-state index contributed by atoms with van der Waals surface area (Å²) >= 11 is 0. The van der Waals surface area contributed by atoms with Crippen molar-refractivity contribution in [2.45, 2.75) is 25.7 Å². The van der Waals surface area contributed by atoms with Gasteiger partial charge in [0.25, 0.3) is 0 Å². The maximum atomic E-state index is 13.5. The number of quaternary nitrogens is 1. The quantitative estimate of drug-likeness (QED) is 0.338. The van der Waals surface area contributed by atoms with E-state index in [1.165, 1.54) is 35.6 Å². The van der Waals surface area contributed by atoms with Crippen LogP contribution in [0.3, 0.4) is 0 Å². The second-order valence-corrected chi connectivity index (χ2v) is 10.0. The molecule has 1 unspecified atom stereocenters. The molecule has 4 rings (SSSR count).